The van der Waals surface area contributed by atoms with Gasteiger partial charge in [0.2, 0.25) is 0 Å². The predicted molar refractivity (Wildman–Crippen MR) is 71.9 cm³/mol. The molecule has 0 aliphatic heterocycles. The zero-order chi connectivity index (χ0) is 12.7. The molecule has 96 valence electrons. The van der Waals surface area contributed by atoms with Gasteiger partial charge in [-0.3, -0.25) is 0 Å². The van der Waals surface area contributed by atoms with E-state index in [1.54, 1.807) is 0 Å². The lowest BCUT2D eigenvalue weighted by Crippen LogP contribution is -2.53. The summed E-state index contributed by atoms with van der Waals surface area (Å²) >= 11 is 0. The fraction of sp³-hybridized carbons (Fsp3) is 0.600. The van der Waals surface area contributed by atoms with Crippen molar-refractivity contribution in [3.8, 4) is 5.75 Å². The second-order valence-electron chi connectivity index (χ2n) is 5.09. The van der Waals surface area contributed by atoms with Crippen LogP contribution in [0.3, 0.4) is 0 Å². The number of quaternary nitrogens is 1. The molecule has 0 spiro atoms. The van der Waals surface area contributed by atoms with Gasteiger partial charge in [-0.1, -0.05) is 27.2 Å². The minimum atomic E-state index is 0.407. The SMILES string of the molecule is CCCC([NH3+])c1ccc(OCCC(C)C)cc1. The van der Waals surface area contributed by atoms with Gasteiger partial charge in [0.1, 0.15) is 11.8 Å². The smallest absolute Gasteiger partial charge is 0.119 e. The van der Waals surface area contributed by atoms with E-state index in [0.29, 0.717) is 12.0 Å². The summed E-state index contributed by atoms with van der Waals surface area (Å²) in [5.41, 5.74) is 5.48. The topological polar surface area (TPSA) is 36.9 Å². The van der Waals surface area contributed by atoms with Crippen LogP contribution in [0.1, 0.15) is 51.6 Å². The molecule has 2 nitrogen and oxygen atoms in total. The number of hydrogen-bond acceptors (Lipinski definition) is 1. The van der Waals surface area contributed by atoms with Crippen molar-refractivity contribution in [3.63, 3.8) is 0 Å². The van der Waals surface area contributed by atoms with Gasteiger partial charge in [-0.25, -0.2) is 0 Å². The first-order valence-electron chi connectivity index (χ1n) is 6.69. The Labute approximate surface area is 105 Å². The molecule has 0 saturated heterocycles. The van der Waals surface area contributed by atoms with E-state index in [1.165, 1.54) is 12.0 Å². The van der Waals surface area contributed by atoms with Crippen LogP contribution in [0.25, 0.3) is 0 Å². The number of benzene rings is 1. The summed E-state index contributed by atoms with van der Waals surface area (Å²) in [5.74, 6) is 1.67. The third-order valence-electron chi connectivity index (χ3n) is 2.95. The molecule has 0 bridgehead atoms. The third kappa shape index (κ3) is 5.22. The Kier molecular flexibility index (Phi) is 6.06. The monoisotopic (exact) mass is 236 g/mol. The highest BCUT2D eigenvalue weighted by atomic mass is 16.5. The minimum Gasteiger partial charge on any atom is -0.494 e. The van der Waals surface area contributed by atoms with Gasteiger partial charge in [0.25, 0.3) is 0 Å². The van der Waals surface area contributed by atoms with Crippen LogP contribution in [0.15, 0.2) is 24.3 Å². The zero-order valence-electron chi connectivity index (χ0n) is 11.4. The summed E-state index contributed by atoms with van der Waals surface area (Å²) in [5, 5.41) is 0. The van der Waals surface area contributed by atoms with E-state index >= 15 is 0 Å². The lowest BCUT2D eigenvalue weighted by Gasteiger charge is -2.10. The Bertz CT molecular complexity index is 305. The fourth-order valence-corrected chi connectivity index (χ4v) is 1.76. The fourth-order valence-electron chi connectivity index (χ4n) is 1.76. The van der Waals surface area contributed by atoms with E-state index in [4.69, 9.17) is 4.74 Å². The van der Waals surface area contributed by atoms with Crippen molar-refractivity contribution in [2.45, 2.75) is 46.1 Å². The Morgan fingerprint density at radius 3 is 2.29 bits per heavy atom. The predicted octanol–water partition coefficient (Wildman–Crippen LogP) is 3.19. The summed E-state index contributed by atoms with van der Waals surface area (Å²) in [4.78, 5) is 0. The van der Waals surface area contributed by atoms with Crippen LogP contribution in [0.4, 0.5) is 0 Å². The molecule has 1 atom stereocenters. The molecule has 0 radical (unpaired) electrons. The molecule has 1 unspecified atom stereocenters. The molecule has 0 fully saturated rings. The summed E-state index contributed by atoms with van der Waals surface area (Å²) < 4.78 is 5.69. The summed E-state index contributed by atoms with van der Waals surface area (Å²) in [6, 6.07) is 8.80. The lowest BCUT2D eigenvalue weighted by molar-refractivity contribution is -0.428. The standard InChI is InChI=1S/C15H25NO/c1-4-5-15(16)13-6-8-14(9-7-13)17-11-10-12(2)3/h6-9,12,15H,4-5,10-11,16H2,1-3H3/p+1. The number of rotatable bonds is 7. The first-order chi connectivity index (χ1) is 8.13. The van der Waals surface area contributed by atoms with E-state index in [2.05, 4.69) is 50.8 Å². The minimum absolute atomic E-state index is 0.407. The molecule has 17 heavy (non-hydrogen) atoms. The van der Waals surface area contributed by atoms with Gasteiger partial charge in [0.05, 0.1) is 6.61 Å². The van der Waals surface area contributed by atoms with Gasteiger partial charge in [0.15, 0.2) is 0 Å². The van der Waals surface area contributed by atoms with Crippen molar-refractivity contribution in [2.75, 3.05) is 6.61 Å². The lowest BCUT2D eigenvalue weighted by atomic mass is 10.0. The average Bonchev–Trinajstić information content (AvgIpc) is 2.30. The van der Waals surface area contributed by atoms with Crippen LogP contribution in [0.5, 0.6) is 5.75 Å². The first kappa shape index (κ1) is 14.0. The van der Waals surface area contributed by atoms with Crippen LogP contribution in [0.2, 0.25) is 0 Å². The molecule has 1 aromatic rings. The van der Waals surface area contributed by atoms with E-state index < -0.39 is 0 Å². The van der Waals surface area contributed by atoms with Crippen molar-refractivity contribution in [1.29, 1.82) is 0 Å². The van der Waals surface area contributed by atoms with Crippen molar-refractivity contribution in [3.05, 3.63) is 29.8 Å². The van der Waals surface area contributed by atoms with Crippen LogP contribution in [0, 0.1) is 5.92 Å². The molecule has 2 heteroatoms. The summed E-state index contributed by atoms with van der Waals surface area (Å²) in [6.07, 6.45) is 3.43. The Morgan fingerprint density at radius 2 is 1.76 bits per heavy atom. The molecule has 0 aliphatic rings. The van der Waals surface area contributed by atoms with E-state index in [9.17, 15) is 0 Å². The van der Waals surface area contributed by atoms with Gasteiger partial charge in [-0.15, -0.1) is 0 Å². The maximum Gasteiger partial charge on any atom is 0.119 e. The number of ether oxygens (including phenoxy) is 1. The van der Waals surface area contributed by atoms with Crippen LogP contribution < -0.4 is 10.5 Å². The van der Waals surface area contributed by atoms with Crippen molar-refractivity contribution < 1.29 is 10.5 Å². The molecule has 1 aromatic carbocycles. The average molecular weight is 236 g/mol. The van der Waals surface area contributed by atoms with Gasteiger partial charge in [-0.05, 0) is 36.6 Å². The van der Waals surface area contributed by atoms with Crippen LogP contribution in [-0.4, -0.2) is 6.61 Å². The molecule has 0 heterocycles. The summed E-state index contributed by atoms with van der Waals surface area (Å²) in [6.45, 7) is 7.43. The maximum absolute atomic E-state index is 5.69. The largest absolute Gasteiger partial charge is 0.494 e. The molecule has 0 aliphatic carbocycles. The highest BCUT2D eigenvalue weighted by Crippen LogP contribution is 2.18. The molecular formula is C15H26NO+. The second kappa shape index (κ2) is 7.33. The Hall–Kier alpha value is -1.02. The maximum atomic E-state index is 5.69. The summed E-state index contributed by atoms with van der Waals surface area (Å²) in [7, 11) is 0. The van der Waals surface area contributed by atoms with E-state index in [0.717, 1.165) is 25.2 Å². The van der Waals surface area contributed by atoms with Gasteiger partial charge in [-0.2, -0.15) is 0 Å². The van der Waals surface area contributed by atoms with Gasteiger partial charge >= 0.3 is 0 Å². The molecule has 1 rings (SSSR count). The van der Waals surface area contributed by atoms with Crippen molar-refractivity contribution in [1.82, 2.24) is 0 Å². The molecule has 3 N–H and O–H groups in total. The van der Waals surface area contributed by atoms with Crippen LogP contribution in [-0.2, 0) is 0 Å². The Morgan fingerprint density at radius 1 is 1.12 bits per heavy atom. The van der Waals surface area contributed by atoms with Gasteiger partial charge in [0, 0.05) is 12.0 Å². The highest BCUT2D eigenvalue weighted by Gasteiger charge is 2.07. The quantitative estimate of drug-likeness (QED) is 0.775. The van der Waals surface area contributed by atoms with E-state index in [1.807, 2.05) is 0 Å². The van der Waals surface area contributed by atoms with Crippen LogP contribution >= 0.6 is 0 Å². The van der Waals surface area contributed by atoms with E-state index in [-0.39, 0.29) is 0 Å². The normalized spacial score (nSPS) is 12.8. The molecule has 0 amide bonds. The molecule has 0 aromatic heterocycles. The number of hydrogen-bond donors (Lipinski definition) is 1. The van der Waals surface area contributed by atoms with Crippen molar-refractivity contribution >= 4 is 0 Å². The molecule has 0 saturated carbocycles. The highest BCUT2D eigenvalue weighted by molar-refractivity contribution is 5.28. The third-order valence-corrected chi connectivity index (χ3v) is 2.95. The first-order valence-corrected chi connectivity index (χ1v) is 6.69. The van der Waals surface area contributed by atoms with Crippen molar-refractivity contribution in [2.24, 2.45) is 5.92 Å². The zero-order valence-corrected chi connectivity index (χ0v) is 11.4. The molecular weight excluding hydrogens is 210 g/mol. The second-order valence-corrected chi connectivity index (χ2v) is 5.09. The van der Waals surface area contributed by atoms with Gasteiger partial charge < -0.3 is 10.5 Å². The Balaban J connectivity index is 2.44.